The molecular formula is C26H32N6O3. The molecule has 1 amide bonds. The van der Waals surface area contributed by atoms with E-state index in [0.29, 0.717) is 37.6 Å². The van der Waals surface area contributed by atoms with Crippen molar-refractivity contribution in [2.24, 2.45) is 5.92 Å². The van der Waals surface area contributed by atoms with Gasteiger partial charge in [-0.3, -0.25) is 9.78 Å². The number of amides is 1. The molecule has 0 unspecified atom stereocenters. The minimum Gasteiger partial charge on any atom is -0.378 e. The van der Waals surface area contributed by atoms with Gasteiger partial charge in [0.15, 0.2) is 5.82 Å². The molecule has 2 aliphatic heterocycles. The van der Waals surface area contributed by atoms with Crippen LogP contribution in [0.15, 0.2) is 42.7 Å². The monoisotopic (exact) mass is 476 g/mol. The summed E-state index contributed by atoms with van der Waals surface area (Å²) in [4.78, 5) is 30.6. The molecule has 0 bridgehead atoms. The lowest BCUT2D eigenvalue weighted by molar-refractivity contribution is -0.141. The predicted molar refractivity (Wildman–Crippen MR) is 135 cm³/mol. The van der Waals surface area contributed by atoms with Gasteiger partial charge in [0.05, 0.1) is 37.1 Å². The van der Waals surface area contributed by atoms with Gasteiger partial charge in [0, 0.05) is 62.3 Å². The SMILES string of the molecule is CC(C)C(=O)N1CCO[C@H](CNc2nc(-c3ccc(N4CCOCC4)cc3)cc3nccnc23)C1. The number of aromatic nitrogens is 3. The number of carbonyl (C=O) groups excluding carboxylic acids is 1. The fourth-order valence-corrected chi connectivity index (χ4v) is 4.53. The predicted octanol–water partition coefficient (Wildman–Crippen LogP) is 2.82. The molecule has 0 radical (unpaired) electrons. The Hall–Kier alpha value is -3.30. The molecule has 4 heterocycles. The van der Waals surface area contributed by atoms with E-state index >= 15 is 0 Å². The van der Waals surface area contributed by atoms with Crippen molar-refractivity contribution >= 4 is 28.4 Å². The number of ether oxygens (including phenoxy) is 2. The minimum absolute atomic E-state index is 0.0195. The number of carbonyl (C=O) groups is 1. The molecule has 9 heteroatoms. The Bertz CT molecular complexity index is 1160. The zero-order chi connectivity index (χ0) is 24.2. The highest BCUT2D eigenvalue weighted by Gasteiger charge is 2.26. The van der Waals surface area contributed by atoms with Crippen LogP contribution in [0.1, 0.15) is 13.8 Å². The molecule has 184 valence electrons. The standard InChI is InChI=1S/C26H32N6O3/c1-18(2)26(33)32-11-14-35-21(17-32)16-29-25-24-23(27-7-8-28-24)15-22(30-25)19-3-5-20(6-4-19)31-9-12-34-13-10-31/h3-8,15,18,21H,9-14,16-17H2,1-2H3,(H,29,30)/t21-/m1/s1. The van der Waals surface area contributed by atoms with E-state index in [2.05, 4.69) is 44.5 Å². The van der Waals surface area contributed by atoms with Crippen molar-refractivity contribution in [2.45, 2.75) is 20.0 Å². The average molecular weight is 477 g/mol. The van der Waals surface area contributed by atoms with Gasteiger partial charge in [-0.1, -0.05) is 26.0 Å². The summed E-state index contributed by atoms with van der Waals surface area (Å²) in [6, 6.07) is 10.4. The zero-order valence-electron chi connectivity index (χ0n) is 20.3. The van der Waals surface area contributed by atoms with Gasteiger partial charge in [-0.05, 0) is 18.2 Å². The number of morpholine rings is 2. The lowest BCUT2D eigenvalue weighted by Crippen LogP contribution is -2.49. The molecular weight excluding hydrogens is 444 g/mol. The molecule has 35 heavy (non-hydrogen) atoms. The van der Waals surface area contributed by atoms with Crippen LogP contribution in [0.3, 0.4) is 0 Å². The van der Waals surface area contributed by atoms with E-state index < -0.39 is 0 Å². The molecule has 5 rings (SSSR count). The van der Waals surface area contributed by atoms with Crippen molar-refractivity contribution in [2.75, 3.05) is 62.8 Å². The summed E-state index contributed by atoms with van der Waals surface area (Å²) in [5.74, 6) is 0.808. The van der Waals surface area contributed by atoms with Crippen LogP contribution in [0.25, 0.3) is 22.3 Å². The zero-order valence-corrected chi connectivity index (χ0v) is 20.3. The number of benzene rings is 1. The van der Waals surface area contributed by atoms with Gasteiger partial charge in [-0.15, -0.1) is 0 Å². The van der Waals surface area contributed by atoms with E-state index in [-0.39, 0.29) is 17.9 Å². The third kappa shape index (κ3) is 5.36. The summed E-state index contributed by atoms with van der Waals surface area (Å²) in [5.41, 5.74) is 4.52. The lowest BCUT2D eigenvalue weighted by Gasteiger charge is -2.34. The molecule has 3 aromatic rings. The van der Waals surface area contributed by atoms with Gasteiger partial charge in [0.2, 0.25) is 5.91 Å². The maximum Gasteiger partial charge on any atom is 0.225 e. The first kappa shape index (κ1) is 23.4. The highest BCUT2D eigenvalue weighted by Crippen LogP contribution is 2.27. The second-order valence-electron chi connectivity index (χ2n) is 9.24. The van der Waals surface area contributed by atoms with Crippen LogP contribution in [0, 0.1) is 5.92 Å². The second kappa shape index (κ2) is 10.5. The van der Waals surface area contributed by atoms with E-state index in [9.17, 15) is 4.79 Å². The van der Waals surface area contributed by atoms with Crippen molar-refractivity contribution in [1.82, 2.24) is 19.9 Å². The van der Waals surface area contributed by atoms with Crippen LogP contribution in [-0.2, 0) is 14.3 Å². The summed E-state index contributed by atoms with van der Waals surface area (Å²) in [6.07, 6.45) is 3.25. The number of hydrogen-bond acceptors (Lipinski definition) is 8. The number of anilines is 2. The molecule has 2 aliphatic rings. The number of rotatable bonds is 6. The molecule has 0 saturated carbocycles. The van der Waals surface area contributed by atoms with Crippen LogP contribution in [0.5, 0.6) is 0 Å². The maximum absolute atomic E-state index is 12.4. The van der Waals surface area contributed by atoms with E-state index in [1.807, 2.05) is 24.8 Å². The normalized spacial score (nSPS) is 18.8. The van der Waals surface area contributed by atoms with Crippen LogP contribution >= 0.6 is 0 Å². The van der Waals surface area contributed by atoms with Crippen molar-refractivity contribution in [3.05, 3.63) is 42.7 Å². The van der Waals surface area contributed by atoms with Crippen LogP contribution in [-0.4, -0.2) is 84.4 Å². The number of fused-ring (bicyclic) bond motifs is 1. The first-order chi connectivity index (χ1) is 17.1. The Balaban J connectivity index is 1.35. The van der Waals surface area contributed by atoms with Gasteiger partial charge in [-0.25, -0.2) is 9.97 Å². The van der Waals surface area contributed by atoms with Crippen LogP contribution < -0.4 is 10.2 Å². The molecule has 2 fully saturated rings. The van der Waals surface area contributed by atoms with Crippen LogP contribution in [0.4, 0.5) is 11.5 Å². The second-order valence-corrected chi connectivity index (χ2v) is 9.24. The van der Waals surface area contributed by atoms with Gasteiger partial charge in [0.1, 0.15) is 5.52 Å². The number of hydrogen-bond donors (Lipinski definition) is 1. The number of nitrogens with one attached hydrogen (secondary N) is 1. The van der Waals surface area contributed by atoms with Gasteiger partial charge < -0.3 is 24.6 Å². The fourth-order valence-electron chi connectivity index (χ4n) is 4.53. The Morgan fingerprint density at radius 2 is 1.86 bits per heavy atom. The highest BCUT2D eigenvalue weighted by molar-refractivity contribution is 5.88. The molecule has 1 atom stereocenters. The first-order valence-electron chi connectivity index (χ1n) is 12.3. The Labute approximate surface area is 205 Å². The molecule has 1 aromatic carbocycles. The smallest absolute Gasteiger partial charge is 0.225 e. The summed E-state index contributed by atoms with van der Waals surface area (Å²) < 4.78 is 11.4. The quantitative estimate of drug-likeness (QED) is 0.581. The molecule has 1 N–H and O–H groups in total. The van der Waals surface area contributed by atoms with Crippen molar-refractivity contribution in [3.63, 3.8) is 0 Å². The van der Waals surface area contributed by atoms with E-state index in [1.165, 1.54) is 5.69 Å². The molecule has 0 aliphatic carbocycles. The van der Waals surface area contributed by atoms with Crippen molar-refractivity contribution in [3.8, 4) is 11.3 Å². The summed E-state index contributed by atoms with van der Waals surface area (Å²) >= 11 is 0. The van der Waals surface area contributed by atoms with Crippen molar-refractivity contribution < 1.29 is 14.3 Å². The van der Waals surface area contributed by atoms with E-state index in [0.717, 1.165) is 43.1 Å². The number of pyridine rings is 1. The number of nitrogens with zero attached hydrogens (tertiary/aromatic N) is 5. The Kier molecular flexibility index (Phi) is 7.06. The highest BCUT2D eigenvalue weighted by atomic mass is 16.5. The Morgan fingerprint density at radius 3 is 2.63 bits per heavy atom. The summed E-state index contributed by atoms with van der Waals surface area (Å²) in [5, 5.41) is 3.42. The molecule has 9 nitrogen and oxygen atoms in total. The van der Waals surface area contributed by atoms with Crippen LogP contribution in [0.2, 0.25) is 0 Å². The van der Waals surface area contributed by atoms with E-state index in [4.69, 9.17) is 14.5 Å². The average Bonchev–Trinajstić information content (AvgIpc) is 2.92. The van der Waals surface area contributed by atoms with E-state index in [1.54, 1.807) is 12.4 Å². The summed E-state index contributed by atoms with van der Waals surface area (Å²) in [6.45, 7) is 9.45. The first-order valence-corrected chi connectivity index (χ1v) is 12.3. The van der Waals surface area contributed by atoms with Gasteiger partial charge >= 0.3 is 0 Å². The Morgan fingerprint density at radius 1 is 1.09 bits per heavy atom. The molecule has 0 spiro atoms. The lowest BCUT2D eigenvalue weighted by atomic mass is 10.1. The topological polar surface area (TPSA) is 92.7 Å². The van der Waals surface area contributed by atoms with Crippen molar-refractivity contribution in [1.29, 1.82) is 0 Å². The third-order valence-electron chi connectivity index (χ3n) is 6.44. The van der Waals surface area contributed by atoms with Gasteiger partial charge in [0.25, 0.3) is 0 Å². The molecule has 2 aromatic heterocycles. The largest absolute Gasteiger partial charge is 0.378 e. The fraction of sp³-hybridized carbons (Fsp3) is 0.462. The van der Waals surface area contributed by atoms with Gasteiger partial charge in [-0.2, -0.15) is 0 Å². The maximum atomic E-state index is 12.4. The minimum atomic E-state index is -0.114. The third-order valence-corrected chi connectivity index (χ3v) is 6.44. The summed E-state index contributed by atoms with van der Waals surface area (Å²) in [7, 11) is 0. The molecule has 2 saturated heterocycles.